The first-order valence-corrected chi connectivity index (χ1v) is 7.44. The number of sulfone groups is 1. The normalized spacial score (nSPS) is 15.1. The van der Waals surface area contributed by atoms with Gasteiger partial charge in [-0.05, 0) is 12.1 Å². The number of amides is 2. The molecule has 1 aliphatic rings. The molecule has 96 valence electrons. The first kappa shape index (κ1) is 12.8. The van der Waals surface area contributed by atoms with Gasteiger partial charge in [0.15, 0.2) is 9.84 Å². The van der Waals surface area contributed by atoms with Gasteiger partial charge in [0.2, 0.25) is 0 Å². The summed E-state index contributed by atoms with van der Waals surface area (Å²) >= 11 is 0. The van der Waals surface area contributed by atoms with Crippen molar-refractivity contribution in [1.29, 1.82) is 0 Å². The van der Waals surface area contributed by atoms with E-state index in [1.807, 2.05) is 0 Å². The van der Waals surface area contributed by atoms with Crippen molar-refractivity contribution in [1.82, 2.24) is 4.90 Å². The third-order valence-electron chi connectivity index (χ3n) is 2.94. The SMILES string of the molecule is CCS(=O)(=O)CCN1C(=O)c2ccccc2C1=O. The number of hydrogen-bond acceptors (Lipinski definition) is 4. The fourth-order valence-electron chi connectivity index (χ4n) is 1.82. The summed E-state index contributed by atoms with van der Waals surface area (Å²) in [5.74, 6) is -1.01. The van der Waals surface area contributed by atoms with E-state index in [1.54, 1.807) is 24.3 Å². The number of imide groups is 1. The zero-order valence-electron chi connectivity index (χ0n) is 9.92. The molecule has 0 saturated heterocycles. The Labute approximate surface area is 105 Å². The predicted octanol–water partition coefficient (Wildman–Crippen LogP) is 0.717. The van der Waals surface area contributed by atoms with Crippen LogP contribution in [0.1, 0.15) is 27.6 Å². The molecule has 2 amide bonds. The Kier molecular flexibility index (Phi) is 3.21. The lowest BCUT2D eigenvalue weighted by Gasteiger charge is -2.13. The first-order chi connectivity index (χ1) is 8.46. The maximum Gasteiger partial charge on any atom is 0.261 e. The van der Waals surface area contributed by atoms with Crippen LogP contribution in [0.15, 0.2) is 24.3 Å². The highest BCUT2D eigenvalue weighted by atomic mass is 32.2. The number of hydrogen-bond donors (Lipinski definition) is 0. The second-order valence-electron chi connectivity index (χ2n) is 4.04. The van der Waals surface area contributed by atoms with E-state index in [0.717, 1.165) is 4.90 Å². The van der Waals surface area contributed by atoms with Crippen LogP contribution >= 0.6 is 0 Å². The summed E-state index contributed by atoms with van der Waals surface area (Å²) in [4.78, 5) is 24.8. The Hall–Kier alpha value is -1.69. The van der Waals surface area contributed by atoms with Crippen molar-refractivity contribution in [2.24, 2.45) is 0 Å². The molecule has 0 spiro atoms. The van der Waals surface area contributed by atoms with Crippen molar-refractivity contribution >= 4 is 21.7 Å². The molecule has 0 fully saturated rings. The molecule has 18 heavy (non-hydrogen) atoms. The maximum atomic E-state index is 11.9. The van der Waals surface area contributed by atoms with Crippen molar-refractivity contribution in [2.75, 3.05) is 18.1 Å². The average Bonchev–Trinajstić information content (AvgIpc) is 2.61. The van der Waals surface area contributed by atoms with Crippen LogP contribution in [0.2, 0.25) is 0 Å². The summed E-state index contributed by atoms with van der Waals surface area (Å²) < 4.78 is 22.8. The predicted molar refractivity (Wildman–Crippen MR) is 66.1 cm³/mol. The maximum absolute atomic E-state index is 11.9. The summed E-state index contributed by atoms with van der Waals surface area (Å²) in [5.41, 5.74) is 0.688. The van der Waals surface area contributed by atoms with E-state index in [1.165, 1.54) is 6.92 Å². The molecule has 0 aliphatic carbocycles. The van der Waals surface area contributed by atoms with E-state index in [0.29, 0.717) is 11.1 Å². The summed E-state index contributed by atoms with van der Waals surface area (Å²) in [6.45, 7) is 1.46. The van der Waals surface area contributed by atoms with Crippen LogP contribution in [0.5, 0.6) is 0 Å². The zero-order chi connectivity index (χ0) is 13.3. The summed E-state index contributed by atoms with van der Waals surface area (Å²) in [6.07, 6.45) is 0. The summed E-state index contributed by atoms with van der Waals surface area (Å²) in [5, 5.41) is 0. The lowest BCUT2D eigenvalue weighted by atomic mass is 10.1. The van der Waals surface area contributed by atoms with Crippen LogP contribution in [0.25, 0.3) is 0 Å². The van der Waals surface area contributed by atoms with E-state index < -0.39 is 21.7 Å². The highest BCUT2D eigenvalue weighted by molar-refractivity contribution is 7.91. The molecule has 5 nitrogen and oxygen atoms in total. The molecule has 0 atom stereocenters. The molecule has 6 heteroatoms. The fraction of sp³-hybridized carbons (Fsp3) is 0.333. The van der Waals surface area contributed by atoms with Gasteiger partial charge >= 0.3 is 0 Å². The van der Waals surface area contributed by atoms with E-state index in [2.05, 4.69) is 0 Å². The van der Waals surface area contributed by atoms with Crippen LogP contribution in [0, 0.1) is 0 Å². The van der Waals surface area contributed by atoms with Gasteiger partial charge in [0.1, 0.15) is 0 Å². The van der Waals surface area contributed by atoms with Crippen LogP contribution in [0.3, 0.4) is 0 Å². The van der Waals surface area contributed by atoms with Crippen LogP contribution in [-0.2, 0) is 9.84 Å². The average molecular weight is 267 g/mol. The second kappa shape index (κ2) is 4.53. The topological polar surface area (TPSA) is 71.5 Å². The van der Waals surface area contributed by atoms with E-state index in [4.69, 9.17) is 0 Å². The molecule has 0 unspecified atom stereocenters. The van der Waals surface area contributed by atoms with Gasteiger partial charge < -0.3 is 0 Å². The minimum atomic E-state index is -3.19. The van der Waals surface area contributed by atoms with E-state index in [-0.39, 0.29) is 18.1 Å². The number of benzene rings is 1. The lowest BCUT2D eigenvalue weighted by Crippen LogP contribution is -2.34. The van der Waals surface area contributed by atoms with Crippen molar-refractivity contribution < 1.29 is 18.0 Å². The molecule has 0 saturated carbocycles. The number of rotatable bonds is 4. The van der Waals surface area contributed by atoms with Crippen molar-refractivity contribution in [3.05, 3.63) is 35.4 Å². The number of carbonyl (C=O) groups excluding carboxylic acids is 2. The minimum absolute atomic E-state index is 0.0101. The molecular weight excluding hydrogens is 254 g/mol. The van der Waals surface area contributed by atoms with Gasteiger partial charge in [-0.1, -0.05) is 19.1 Å². The van der Waals surface area contributed by atoms with Crippen LogP contribution < -0.4 is 0 Å². The Bertz CT molecular complexity index is 571. The van der Waals surface area contributed by atoms with Crippen molar-refractivity contribution in [3.8, 4) is 0 Å². The van der Waals surface area contributed by atoms with Crippen molar-refractivity contribution in [2.45, 2.75) is 6.92 Å². The molecule has 1 heterocycles. The van der Waals surface area contributed by atoms with Gasteiger partial charge in [0, 0.05) is 12.3 Å². The fourth-order valence-corrected chi connectivity index (χ4v) is 2.57. The molecule has 0 N–H and O–H groups in total. The molecule has 0 aromatic heterocycles. The third-order valence-corrected chi connectivity index (χ3v) is 4.63. The van der Waals surface area contributed by atoms with Gasteiger partial charge in [-0.3, -0.25) is 14.5 Å². The molecule has 0 bridgehead atoms. The van der Waals surface area contributed by atoms with Gasteiger partial charge in [0.05, 0.1) is 16.9 Å². The molecule has 0 radical (unpaired) electrons. The molecule has 1 aromatic rings. The number of nitrogens with zero attached hydrogens (tertiary/aromatic N) is 1. The highest BCUT2D eigenvalue weighted by Gasteiger charge is 2.35. The quantitative estimate of drug-likeness (QED) is 0.753. The van der Waals surface area contributed by atoms with Crippen molar-refractivity contribution in [3.63, 3.8) is 0 Å². The largest absolute Gasteiger partial charge is 0.273 e. The van der Waals surface area contributed by atoms with E-state index in [9.17, 15) is 18.0 Å². The third kappa shape index (κ3) is 2.15. The lowest BCUT2D eigenvalue weighted by molar-refractivity contribution is 0.0664. The zero-order valence-corrected chi connectivity index (χ0v) is 10.7. The molecule has 1 aromatic carbocycles. The monoisotopic (exact) mass is 267 g/mol. The standard InChI is InChI=1S/C12H13NO4S/c1-2-18(16,17)8-7-13-11(14)9-5-3-4-6-10(9)12(13)15/h3-6H,2,7-8H2,1H3. The van der Waals surface area contributed by atoms with E-state index >= 15 is 0 Å². The molecular formula is C12H13NO4S. The first-order valence-electron chi connectivity index (χ1n) is 5.62. The molecule has 2 rings (SSSR count). The smallest absolute Gasteiger partial charge is 0.261 e. The minimum Gasteiger partial charge on any atom is -0.273 e. The highest BCUT2D eigenvalue weighted by Crippen LogP contribution is 2.22. The van der Waals surface area contributed by atoms with Gasteiger partial charge in [-0.25, -0.2) is 8.42 Å². The summed E-state index contributed by atoms with van der Waals surface area (Å²) in [7, 11) is -3.19. The molecule has 1 aliphatic heterocycles. The van der Waals surface area contributed by atoms with Gasteiger partial charge in [-0.2, -0.15) is 0 Å². The van der Waals surface area contributed by atoms with Crippen LogP contribution in [-0.4, -0.2) is 43.2 Å². The van der Waals surface area contributed by atoms with Crippen LogP contribution in [0.4, 0.5) is 0 Å². The Morgan fingerprint density at radius 2 is 1.56 bits per heavy atom. The van der Waals surface area contributed by atoms with Gasteiger partial charge in [0.25, 0.3) is 11.8 Å². The summed E-state index contributed by atoms with van der Waals surface area (Å²) in [6, 6.07) is 6.50. The Balaban J connectivity index is 2.19. The van der Waals surface area contributed by atoms with Gasteiger partial charge in [-0.15, -0.1) is 0 Å². The second-order valence-corrected chi connectivity index (χ2v) is 6.52. The number of fused-ring (bicyclic) bond motifs is 1. The Morgan fingerprint density at radius 1 is 1.06 bits per heavy atom. The number of carbonyl (C=O) groups is 2. The Morgan fingerprint density at radius 3 is 2.00 bits per heavy atom.